The summed E-state index contributed by atoms with van der Waals surface area (Å²) < 4.78 is 6.92. The van der Waals surface area contributed by atoms with Crippen molar-refractivity contribution >= 4 is 50.7 Å². The number of imide groups is 1. The molecule has 2 fully saturated rings. The normalized spacial score (nSPS) is 23.9. The van der Waals surface area contributed by atoms with Gasteiger partial charge in [0.1, 0.15) is 0 Å². The standard InChI is InChI=1S/C26H15BrN2O7/c27-14-5-3-4-13(12-14)21-19-20(26(36-21)22(30)17-6-1-2-7-18(17)23(26)31)25(33)28(24(19)32)15-8-10-16(11-9-15)29(34)35/h1-12,19-21H/t19-,20+,21-/m0/s1. The van der Waals surface area contributed by atoms with E-state index in [0.29, 0.717) is 10.0 Å². The van der Waals surface area contributed by atoms with E-state index in [1.165, 1.54) is 36.4 Å². The minimum atomic E-state index is -2.18. The van der Waals surface area contributed by atoms with Gasteiger partial charge in [-0.15, -0.1) is 0 Å². The van der Waals surface area contributed by atoms with Gasteiger partial charge in [0.15, 0.2) is 0 Å². The minimum absolute atomic E-state index is 0.114. The summed E-state index contributed by atoms with van der Waals surface area (Å²) in [6, 6.07) is 18.1. The quantitative estimate of drug-likeness (QED) is 0.210. The van der Waals surface area contributed by atoms with Crippen LogP contribution < -0.4 is 4.90 Å². The van der Waals surface area contributed by atoms with E-state index in [0.717, 1.165) is 4.90 Å². The largest absolute Gasteiger partial charge is 0.349 e. The minimum Gasteiger partial charge on any atom is -0.349 e. The first-order valence-electron chi connectivity index (χ1n) is 11.0. The molecule has 2 saturated heterocycles. The number of carbonyl (C=O) groups is 4. The molecule has 2 amide bonds. The Morgan fingerprint density at radius 1 is 0.861 bits per heavy atom. The van der Waals surface area contributed by atoms with Crippen molar-refractivity contribution in [2.45, 2.75) is 11.7 Å². The molecule has 10 heteroatoms. The van der Waals surface area contributed by atoms with Crippen LogP contribution in [0, 0.1) is 22.0 Å². The lowest BCUT2D eigenvalue weighted by Crippen LogP contribution is -2.51. The number of benzene rings is 3. The molecule has 3 aromatic rings. The number of rotatable bonds is 3. The van der Waals surface area contributed by atoms with Gasteiger partial charge in [-0.2, -0.15) is 0 Å². The van der Waals surface area contributed by atoms with Gasteiger partial charge in [0.25, 0.3) is 5.69 Å². The number of fused-ring (bicyclic) bond motifs is 3. The van der Waals surface area contributed by atoms with Gasteiger partial charge in [0, 0.05) is 27.7 Å². The van der Waals surface area contributed by atoms with Gasteiger partial charge in [-0.3, -0.25) is 29.3 Å². The number of hydrogen-bond donors (Lipinski definition) is 0. The summed E-state index contributed by atoms with van der Waals surface area (Å²) in [5.41, 5.74) is -1.45. The van der Waals surface area contributed by atoms with Crippen molar-refractivity contribution in [2.75, 3.05) is 4.90 Å². The van der Waals surface area contributed by atoms with Crippen molar-refractivity contribution in [3.05, 3.63) is 104 Å². The second-order valence-corrected chi connectivity index (χ2v) is 9.74. The summed E-state index contributed by atoms with van der Waals surface area (Å²) in [4.78, 5) is 66.4. The molecule has 2 heterocycles. The smallest absolute Gasteiger partial charge is 0.269 e. The van der Waals surface area contributed by atoms with Crippen LogP contribution in [-0.2, 0) is 14.3 Å². The molecular weight excluding hydrogens is 532 g/mol. The van der Waals surface area contributed by atoms with Crippen molar-refractivity contribution < 1.29 is 28.8 Å². The molecule has 0 N–H and O–H groups in total. The maximum absolute atomic E-state index is 13.8. The van der Waals surface area contributed by atoms with Crippen molar-refractivity contribution in [1.82, 2.24) is 0 Å². The molecule has 0 unspecified atom stereocenters. The number of hydrogen-bond acceptors (Lipinski definition) is 7. The molecule has 1 aliphatic carbocycles. The molecule has 3 aromatic carbocycles. The Morgan fingerprint density at radius 3 is 2.08 bits per heavy atom. The highest BCUT2D eigenvalue weighted by Crippen LogP contribution is 2.57. The van der Waals surface area contributed by atoms with Crippen LogP contribution in [0.2, 0.25) is 0 Å². The van der Waals surface area contributed by atoms with Gasteiger partial charge in [-0.25, -0.2) is 4.90 Å². The zero-order valence-corrected chi connectivity index (χ0v) is 19.9. The van der Waals surface area contributed by atoms with Crippen LogP contribution in [0.5, 0.6) is 0 Å². The van der Waals surface area contributed by atoms with E-state index in [2.05, 4.69) is 15.9 Å². The fraction of sp³-hybridized carbons (Fsp3) is 0.154. The first-order valence-corrected chi connectivity index (χ1v) is 11.8. The fourth-order valence-electron chi connectivity index (χ4n) is 5.48. The Labute approximate surface area is 211 Å². The second kappa shape index (κ2) is 7.74. The number of ether oxygens (including phenoxy) is 1. The zero-order valence-electron chi connectivity index (χ0n) is 18.3. The van der Waals surface area contributed by atoms with E-state index < -0.39 is 51.8 Å². The molecule has 0 aromatic heterocycles. The Bertz CT molecular complexity index is 1480. The third kappa shape index (κ3) is 2.85. The van der Waals surface area contributed by atoms with E-state index in [1.54, 1.807) is 36.4 Å². The van der Waals surface area contributed by atoms with E-state index in [-0.39, 0.29) is 22.5 Å². The van der Waals surface area contributed by atoms with Crippen LogP contribution >= 0.6 is 15.9 Å². The van der Waals surface area contributed by atoms with Gasteiger partial charge in [-0.05, 0) is 29.8 Å². The third-order valence-corrected chi connectivity index (χ3v) is 7.51. The maximum Gasteiger partial charge on any atom is 0.269 e. The van der Waals surface area contributed by atoms with Crippen LogP contribution in [0.1, 0.15) is 32.4 Å². The fourth-order valence-corrected chi connectivity index (χ4v) is 5.90. The predicted molar refractivity (Wildman–Crippen MR) is 128 cm³/mol. The van der Waals surface area contributed by atoms with Crippen LogP contribution in [0.25, 0.3) is 0 Å². The molecule has 3 aliphatic rings. The monoisotopic (exact) mass is 546 g/mol. The Hall–Kier alpha value is -4.02. The molecule has 0 bridgehead atoms. The maximum atomic E-state index is 13.8. The molecule has 6 rings (SSSR count). The van der Waals surface area contributed by atoms with E-state index in [1.807, 2.05) is 0 Å². The molecule has 0 saturated carbocycles. The number of Topliss-reactive ketones (excluding diaryl/α,β-unsaturated/α-hetero) is 2. The SMILES string of the molecule is O=C1[C@@H]2[C@H](c3cccc(Br)c3)OC3(C(=O)c4ccccc4C3=O)[C@H]2C(=O)N1c1ccc([N+](=O)[O-])cc1. The Kier molecular flexibility index (Phi) is 4.83. The number of halogens is 1. The van der Waals surface area contributed by atoms with Crippen LogP contribution in [0.3, 0.4) is 0 Å². The van der Waals surface area contributed by atoms with Gasteiger partial charge >= 0.3 is 0 Å². The number of nitro groups is 1. The lowest BCUT2D eigenvalue weighted by molar-refractivity contribution is -0.384. The number of nitro benzene ring substituents is 1. The third-order valence-electron chi connectivity index (χ3n) is 7.01. The average molecular weight is 547 g/mol. The summed E-state index contributed by atoms with van der Waals surface area (Å²) in [6.07, 6.45) is -1.05. The van der Waals surface area contributed by atoms with Gasteiger partial charge < -0.3 is 4.74 Å². The first kappa shape index (κ1) is 22.4. The molecule has 0 radical (unpaired) electrons. The Morgan fingerprint density at radius 2 is 1.50 bits per heavy atom. The van der Waals surface area contributed by atoms with E-state index >= 15 is 0 Å². The summed E-state index contributed by atoms with van der Waals surface area (Å²) >= 11 is 3.39. The molecule has 1 spiro atoms. The molecular formula is C26H15BrN2O7. The second-order valence-electron chi connectivity index (χ2n) is 8.82. The van der Waals surface area contributed by atoms with Crippen molar-refractivity contribution in [2.24, 2.45) is 11.8 Å². The topological polar surface area (TPSA) is 124 Å². The highest BCUT2D eigenvalue weighted by molar-refractivity contribution is 9.10. The average Bonchev–Trinajstić information content (AvgIpc) is 3.44. The lowest BCUT2D eigenvalue weighted by atomic mass is 9.77. The molecule has 2 aliphatic heterocycles. The summed E-state index contributed by atoms with van der Waals surface area (Å²) in [7, 11) is 0. The predicted octanol–water partition coefficient (Wildman–Crippen LogP) is 4.05. The van der Waals surface area contributed by atoms with Crippen LogP contribution in [-0.4, -0.2) is 33.9 Å². The lowest BCUT2D eigenvalue weighted by Gasteiger charge is -2.27. The van der Waals surface area contributed by atoms with Crippen molar-refractivity contribution in [3.8, 4) is 0 Å². The molecule has 3 atom stereocenters. The van der Waals surface area contributed by atoms with Crippen molar-refractivity contribution in [3.63, 3.8) is 0 Å². The van der Waals surface area contributed by atoms with Gasteiger partial charge in [0.05, 0.1) is 28.6 Å². The first-order chi connectivity index (χ1) is 17.3. The molecule has 178 valence electrons. The highest BCUT2D eigenvalue weighted by Gasteiger charge is 2.74. The van der Waals surface area contributed by atoms with Gasteiger partial charge in [-0.1, -0.05) is 52.3 Å². The van der Waals surface area contributed by atoms with Crippen LogP contribution in [0.4, 0.5) is 11.4 Å². The number of anilines is 1. The number of non-ortho nitro benzene ring substituents is 1. The highest BCUT2D eigenvalue weighted by atomic mass is 79.9. The van der Waals surface area contributed by atoms with E-state index in [4.69, 9.17) is 4.74 Å². The summed E-state index contributed by atoms with van der Waals surface area (Å²) in [5.74, 6) is -5.24. The number of nitrogens with zero attached hydrogens (tertiary/aromatic N) is 2. The number of carbonyl (C=O) groups excluding carboxylic acids is 4. The number of ketones is 2. The molecule has 36 heavy (non-hydrogen) atoms. The Balaban J connectivity index is 1.52. The zero-order chi connectivity index (χ0) is 25.4. The number of amides is 2. The molecule has 9 nitrogen and oxygen atoms in total. The van der Waals surface area contributed by atoms with Crippen LogP contribution in [0.15, 0.2) is 77.3 Å². The summed E-state index contributed by atoms with van der Waals surface area (Å²) in [6.45, 7) is 0. The summed E-state index contributed by atoms with van der Waals surface area (Å²) in [5, 5.41) is 11.1. The van der Waals surface area contributed by atoms with Gasteiger partial charge in [0.2, 0.25) is 29.0 Å². The van der Waals surface area contributed by atoms with Crippen molar-refractivity contribution in [1.29, 1.82) is 0 Å². The van der Waals surface area contributed by atoms with E-state index in [9.17, 15) is 29.3 Å².